The molecule has 0 spiro atoms. The van der Waals surface area contributed by atoms with Crippen LogP contribution >= 0.6 is 0 Å². The van der Waals surface area contributed by atoms with Crippen molar-refractivity contribution < 1.29 is 9.90 Å². The van der Waals surface area contributed by atoms with Gasteiger partial charge in [0.15, 0.2) is 0 Å². The molecule has 28 heavy (non-hydrogen) atoms. The summed E-state index contributed by atoms with van der Waals surface area (Å²) >= 11 is 0. The Labute approximate surface area is 165 Å². The zero-order valence-electron chi connectivity index (χ0n) is 16.0. The van der Waals surface area contributed by atoms with E-state index in [0.717, 1.165) is 16.7 Å². The van der Waals surface area contributed by atoms with Crippen LogP contribution in [0.4, 0.5) is 0 Å². The van der Waals surface area contributed by atoms with Gasteiger partial charge >= 0.3 is 0 Å². The summed E-state index contributed by atoms with van der Waals surface area (Å²) in [6, 6.07) is 21.9. The lowest BCUT2D eigenvalue weighted by Crippen LogP contribution is -2.60. The van der Waals surface area contributed by atoms with Crippen LogP contribution in [0.25, 0.3) is 0 Å². The Bertz CT molecular complexity index is 932. The summed E-state index contributed by atoms with van der Waals surface area (Å²) in [6.45, 7) is 2.28. The minimum absolute atomic E-state index is 0.217. The van der Waals surface area contributed by atoms with Gasteiger partial charge in [-0.1, -0.05) is 72.3 Å². The average Bonchev–Trinajstić information content (AvgIpc) is 2.73. The van der Waals surface area contributed by atoms with Gasteiger partial charge in [-0.2, -0.15) is 5.26 Å². The summed E-state index contributed by atoms with van der Waals surface area (Å²) in [4.78, 5) is 15.3. The van der Waals surface area contributed by atoms with Crippen LogP contribution in [-0.2, 0) is 11.3 Å². The van der Waals surface area contributed by atoms with Gasteiger partial charge < -0.3 is 10.0 Å². The number of carbonyl (C=O) groups is 1. The molecule has 4 rings (SSSR count). The highest BCUT2D eigenvalue weighted by Crippen LogP contribution is 2.55. The van der Waals surface area contributed by atoms with E-state index in [1.807, 2.05) is 67.6 Å². The smallest absolute Gasteiger partial charge is 0.246 e. The van der Waals surface area contributed by atoms with Crippen LogP contribution in [0.1, 0.15) is 36.8 Å². The molecule has 4 heteroatoms. The molecule has 1 aliphatic carbocycles. The number of amides is 1. The Kier molecular flexibility index (Phi) is 4.78. The van der Waals surface area contributed by atoms with E-state index < -0.39 is 11.6 Å². The zero-order valence-corrected chi connectivity index (χ0v) is 16.0. The Hall–Kier alpha value is -2.90. The van der Waals surface area contributed by atoms with Crippen molar-refractivity contribution in [2.45, 2.75) is 38.5 Å². The lowest BCUT2D eigenvalue weighted by atomic mass is 9.56. The second-order valence-corrected chi connectivity index (χ2v) is 7.82. The number of likely N-dealkylation sites (tertiary alicyclic amines) is 1. The zero-order chi connectivity index (χ0) is 19.7. The first kappa shape index (κ1) is 18.5. The number of nitriles is 1. The average molecular weight is 372 g/mol. The summed E-state index contributed by atoms with van der Waals surface area (Å²) in [5.41, 5.74) is 1.79. The highest BCUT2D eigenvalue weighted by molar-refractivity contribution is 5.89. The SMILES string of the molecule is CC1=CC[C@H](c2ccccc2)[C@@]2(C#N)C(=O)N(Cc3ccccc3)[C@@H](O)C[C@@H]12. The molecule has 1 saturated heterocycles. The minimum Gasteiger partial charge on any atom is -0.373 e. The Morgan fingerprint density at radius 2 is 1.75 bits per heavy atom. The second-order valence-electron chi connectivity index (χ2n) is 7.82. The molecule has 0 bridgehead atoms. The normalized spacial score (nSPS) is 29.6. The van der Waals surface area contributed by atoms with Crippen LogP contribution in [-0.4, -0.2) is 22.1 Å². The molecule has 0 radical (unpaired) electrons. The third-order valence-electron chi connectivity index (χ3n) is 6.33. The molecule has 0 unspecified atom stereocenters. The molecule has 1 heterocycles. The number of allylic oxidation sites excluding steroid dienone is 2. The molecule has 0 saturated carbocycles. The summed E-state index contributed by atoms with van der Waals surface area (Å²) in [5, 5.41) is 21.2. The molecule has 2 aromatic rings. The fourth-order valence-corrected chi connectivity index (χ4v) is 4.86. The number of piperidine rings is 1. The molecule has 4 nitrogen and oxygen atoms in total. The number of benzene rings is 2. The fourth-order valence-electron chi connectivity index (χ4n) is 4.86. The largest absolute Gasteiger partial charge is 0.373 e. The fraction of sp³-hybridized carbons (Fsp3) is 0.333. The predicted octanol–water partition coefficient (Wildman–Crippen LogP) is 4.00. The van der Waals surface area contributed by atoms with Gasteiger partial charge in [-0.3, -0.25) is 4.79 Å². The van der Waals surface area contributed by atoms with Gasteiger partial charge in [0.25, 0.3) is 0 Å². The Balaban J connectivity index is 1.79. The summed E-state index contributed by atoms with van der Waals surface area (Å²) < 4.78 is 0. The van der Waals surface area contributed by atoms with Gasteiger partial charge in [0.1, 0.15) is 11.6 Å². The van der Waals surface area contributed by atoms with E-state index in [1.54, 1.807) is 0 Å². The number of fused-ring (bicyclic) bond motifs is 1. The molecular formula is C24H24N2O2. The van der Waals surface area contributed by atoms with E-state index in [1.165, 1.54) is 4.90 Å². The van der Waals surface area contributed by atoms with Gasteiger partial charge in [-0.15, -0.1) is 0 Å². The van der Waals surface area contributed by atoms with E-state index in [0.29, 0.717) is 19.4 Å². The van der Waals surface area contributed by atoms with E-state index in [9.17, 15) is 15.2 Å². The number of carbonyl (C=O) groups excluding carboxylic acids is 1. The van der Waals surface area contributed by atoms with Crippen molar-refractivity contribution in [3.63, 3.8) is 0 Å². The third-order valence-corrected chi connectivity index (χ3v) is 6.33. The maximum absolute atomic E-state index is 13.8. The maximum Gasteiger partial charge on any atom is 0.246 e. The van der Waals surface area contributed by atoms with Crippen molar-refractivity contribution in [1.82, 2.24) is 4.90 Å². The quantitative estimate of drug-likeness (QED) is 0.829. The number of hydrogen-bond donors (Lipinski definition) is 1. The van der Waals surface area contributed by atoms with Crippen molar-refractivity contribution in [3.8, 4) is 6.07 Å². The number of aliphatic hydroxyl groups is 1. The van der Waals surface area contributed by atoms with Gasteiger partial charge in [0, 0.05) is 24.8 Å². The van der Waals surface area contributed by atoms with E-state index in [4.69, 9.17) is 0 Å². The van der Waals surface area contributed by atoms with E-state index in [-0.39, 0.29) is 17.7 Å². The third kappa shape index (κ3) is 2.83. The maximum atomic E-state index is 13.8. The molecule has 1 aliphatic heterocycles. The van der Waals surface area contributed by atoms with Crippen LogP contribution in [0.2, 0.25) is 0 Å². The number of rotatable bonds is 3. The van der Waals surface area contributed by atoms with E-state index >= 15 is 0 Å². The highest BCUT2D eigenvalue weighted by Gasteiger charge is 2.60. The molecule has 0 aromatic heterocycles. The Morgan fingerprint density at radius 1 is 1.11 bits per heavy atom. The van der Waals surface area contributed by atoms with Crippen LogP contribution < -0.4 is 0 Å². The molecule has 2 aliphatic rings. The van der Waals surface area contributed by atoms with E-state index in [2.05, 4.69) is 12.1 Å². The van der Waals surface area contributed by atoms with Crippen molar-refractivity contribution in [3.05, 3.63) is 83.4 Å². The van der Waals surface area contributed by atoms with Crippen molar-refractivity contribution in [1.29, 1.82) is 5.26 Å². The molecule has 142 valence electrons. The van der Waals surface area contributed by atoms with Crippen molar-refractivity contribution in [2.24, 2.45) is 11.3 Å². The van der Waals surface area contributed by atoms with Gasteiger partial charge in [0.2, 0.25) is 5.91 Å². The van der Waals surface area contributed by atoms with Crippen molar-refractivity contribution >= 4 is 5.91 Å². The first-order chi connectivity index (χ1) is 13.6. The lowest BCUT2D eigenvalue weighted by Gasteiger charge is -2.51. The number of nitrogens with zero attached hydrogens (tertiary/aromatic N) is 2. The second kappa shape index (κ2) is 7.26. The highest BCUT2D eigenvalue weighted by atomic mass is 16.3. The molecule has 2 aromatic carbocycles. The molecule has 4 atom stereocenters. The molecular weight excluding hydrogens is 348 g/mol. The predicted molar refractivity (Wildman–Crippen MR) is 107 cm³/mol. The first-order valence-corrected chi connectivity index (χ1v) is 9.74. The summed E-state index contributed by atoms with van der Waals surface area (Å²) in [6.07, 6.45) is 2.28. The molecule has 1 N–H and O–H groups in total. The van der Waals surface area contributed by atoms with Crippen LogP contribution in [0.15, 0.2) is 72.3 Å². The topological polar surface area (TPSA) is 64.3 Å². The van der Waals surface area contributed by atoms with Gasteiger partial charge in [0.05, 0.1) is 6.07 Å². The van der Waals surface area contributed by atoms with Crippen LogP contribution in [0.3, 0.4) is 0 Å². The molecule has 1 fully saturated rings. The first-order valence-electron chi connectivity index (χ1n) is 9.74. The minimum atomic E-state index is -1.19. The molecule has 1 amide bonds. The summed E-state index contributed by atoms with van der Waals surface area (Å²) in [7, 11) is 0. The summed E-state index contributed by atoms with van der Waals surface area (Å²) in [5.74, 6) is -0.749. The van der Waals surface area contributed by atoms with Crippen molar-refractivity contribution in [2.75, 3.05) is 0 Å². The lowest BCUT2D eigenvalue weighted by molar-refractivity contribution is -0.166. The van der Waals surface area contributed by atoms with Gasteiger partial charge in [-0.25, -0.2) is 0 Å². The van der Waals surface area contributed by atoms with Crippen LogP contribution in [0.5, 0.6) is 0 Å². The van der Waals surface area contributed by atoms with Gasteiger partial charge in [-0.05, 0) is 24.5 Å². The Morgan fingerprint density at radius 3 is 2.39 bits per heavy atom. The monoisotopic (exact) mass is 372 g/mol. The number of aliphatic hydroxyl groups excluding tert-OH is 1. The standard InChI is InChI=1S/C24H24N2O2/c1-17-12-13-20(19-10-6-3-7-11-19)24(16-25)21(17)14-22(27)26(23(24)28)15-18-8-4-2-5-9-18/h2-12,20-22,27H,13-15H2,1H3/t20-,21+,22+,24-/m1/s1. The van der Waals surface area contributed by atoms with Crippen LogP contribution in [0, 0.1) is 22.7 Å². The number of hydrogen-bond acceptors (Lipinski definition) is 3.